The highest BCUT2D eigenvalue weighted by molar-refractivity contribution is 6.32. The summed E-state index contributed by atoms with van der Waals surface area (Å²) in [5.41, 5.74) is -0.505. The number of nitrogens with zero attached hydrogens (tertiary/aromatic N) is 5. The molecule has 0 fully saturated rings. The predicted octanol–water partition coefficient (Wildman–Crippen LogP) is 2.33. The Morgan fingerprint density at radius 2 is 1.79 bits per heavy atom. The average molecular weight is 348 g/mol. The number of para-hydroxylation sites is 2. The van der Waals surface area contributed by atoms with E-state index in [1.807, 2.05) is 0 Å². The fraction of sp³-hybridized carbons (Fsp3) is 0.0667. The lowest BCUT2D eigenvalue weighted by molar-refractivity contribution is 0.244. The van der Waals surface area contributed by atoms with E-state index in [1.165, 1.54) is 25.2 Å². The molecule has 0 aliphatic heterocycles. The second-order valence-electron chi connectivity index (χ2n) is 4.83. The smallest absolute Gasteiger partial charge is 0.292 e. The summed E-state index contributed by atoms with van der Waals surface area (Å²) in [5, 5.41) is 7.49. The maximum absolute atomic E-state index is 13.8. The Balaban J connectivity index is 2.00. The lowest BCUT2D eigenvalue weighted by atomic mass is 10.3. The molecule has 9 heteroatoms. The third-order valence-corrected chi connectivity index (χ3v) is 3.66. The first-order valence-corrected chi connectivity index (χ1v) is 7.21. The van der Waals surface area contributed by atoms with E-state index in [4.69, 9.17) is 11.6 Å². The number of aromatic nitrogens is 4. The maximum atomic E-state index is 13.8. The third kappa shape index (κ3) is 2.67. The van der Waals surface area contributed by atoms with Crippen molar-refractivity contribution in [3.05, 3.63) is 69.9 Å². The summed E-state index contributed by atoms with van der Waals surface area (Å²) in [6.45, 7) is 0. The Labute approximate surface area is 140 Å². The Kier molecular flexibility index (Phi) is 4.13. The van der Waals surface area contributed by atoms with E-state index >= 15 is 0 Å². The summed E-state index contributed by atoms with van der Waals surface area (Å²) in [7, 11) is 1.34. The topological polar surface area (TPSA) is 73.0 Å². The number of amides is 1. The van der Waals surface area contributed by atoms with E-state index in [0.29, 0.717) is 4.68 Å². The van der Waals surface area contributed by atoms with Crippen molar-refractivity contribution in [2.45, 2.75) is 0 Å². The normalized spacial score (nSPS) is 10.6. The standard InChI is InChI=1S/C15H11ClFN5O2/c1-20(13-9-5-3-7-11(13)17)14(23)22-15(24)21(18-19-22)12-8-4-2-6-10(12)16/h2-9H,1H3. The molecule has 24 heavy (non-hydrogen) atoms. The van der Waals surface area contributed by atoms with E-state index in [1.54, 1.807) is 30.3 Å². The Bertz CT molecular complexity index is 968. The number of hydrogen-bond acceptors (Lipinski definition) is 4. The van der Waals surface area contributed by atoms with Gasteiger partial charge in [-0.25, -0.2) is 14.0 Å². The second-order valence-corrected chi connectivity index (χ2v) is 5.24. The van der Waals surface area contributed by atoms with Crippen LogP contribution in [0.4, 0.5) is 14.9 Å². The van der Waals surface area contributed by atoms with E-state index in [-0.39, 0.29) is 16.4 Å². The van der Waals surface area contributed by atoms with Crippen LogP contribution in [-0.2, 0) is 0 Å². The van der Waals surface area contributed by atoms with Crippen LogP contribution in [0.1, 0.15) is 0 Å². The Morgan fingerprint density at radius 3 is 2.50 bits per heavy atom. The summed E-state index contributed by atoms with van der Waals surface area (Å²) < 4.78 is 15.2. The molecule has 0 N–H and O–H groups in total. The van der Waals surface area contributed by atoms with Gasteiger partial charge in [0.05, 0.1) is 16.4 Å². The molecule has 3 aromatic rings. The molecule has 0 spiro atoms. The molecule has 3 rings (SSSR count). The van der Waals surface area contributed by atoms with Gasteiger partial charge in [-0.3, -0.25) is 4.90 Å². The zero-order valence-electron chi connectivity index (χ0n) is 12.4. The summed E-state index contributed by atoms with van der Waals surface area (Å²) in [6.07, 6.45) is 0. The van der Waals surface area contributed by atoms with Crippen LogP contribution in [0.2, 0.25) is 5.02 Å². The number of hydrogen-bond donors (Lipinski definition) is 0. The van der Waals surface area contributed by atoms with Crippen molar-refractivity contribution in [2.75, 3.05) is 11.9 Å². The number of halogens is 2. The Hall–Kier alpha value is -3.00. The third-order valence-electron chi connectivity index (χ3n) is 3.34. The van der Waals surface area contributed by atoms with E-state index in [9.17, 15) is 14.0 Å². The molecule has 0 unspecified atom stereocenters. The number of tetrazole rings is 1. The number of carbonyl (C=O) groups is 1. The van der Waals surface area contributed by atoms with Gasteiger partial charge in [-0.2, -0.15) is 4.68 Å². The minimum atomic E-state index is -0.844. The van der Waals surface area contributed by atoms with Crippen LogP contribution in [0.15, 0.2) is 53.3 Å². The average Bonchev–Trinajstić information content (AvgIpc) is 2.96. The Morgan fingerprint density at radius 1 is 1.12 bits per heavy atom. The summed E-state index contributed by atoms with van der Waals surface area (Å²) in [5.74, 6) is -0.597. The summed E-state index contributed by atoms with van der Waals surface area (Å²) in [4.78, 5) is 25.8. The number of carbonyl (C=O) groups excluding carboxylic acids is 1. The van der Waals surface area contributed by atoms with Gasteiger partial charge in [0.1, 0.15) is 5.82 Å². The molecule has 0 aliphatic rings. The van der Waals surface area contributed by atoms with Crippen LogP contribution in [0, 0.1) is 5.82 Å². The van der Waals surface area contributed by atoms with E-state index in [2.05, 4.69) is 10.4 Å². The fourth-order valence-electron chi connectivity index (χ4n) is 2.11. The molecule has 0 bridgehead atoms. The minimum absolute atomic E-state index is 0.0155. The maximum Gasteiger partial charge on any atom is 0.377 e. The van der Waals surface area contributed by atoms with Crippen LogP contribution in [-0.4, -0.2) is 32.9 Å². The first-order chi connectivity index (χ1) is 11.5. The zero-order valence-corrected chi connectivity index (χ0v) is 13.2. The van der Waals surface area contributed by atoms with Gasteiger partial charge >= 0.3 is 11.7 Å². The van der Waals surface area contributed by atoms with Gasteiger partial charge in [0, 0.05) is 7.05 Å². The summed E-state index contributed by atoms with van der Waals surface area (Å²) in [6, 6.07) is 11.4. The zero-order chi connectivity index (χ0) is 17.3. The van der Waals surface area contributed by atoms with Gasteiger partial charge in [-0.1, -0.05) is 35.9 Å². The molecule has 1 amide bonds. The molecule has 0 radical (unpaired) electrons. The van der Waals surface area contributed by atoms with Crippen molar-refractivity contribution in [3.63, 3.8) is 0 Å². The van der Waals surface area contributed by atoms with Crippen molar-refractivity contribution in [3.8, 4) is 5.69 Å². The largest absolute Gasteiger partial charge is 0.377 e. The molecule has 2 aromatic carbocycles. The number of benzene rings is 2. The van der Waals surface area contributed by atoms with Crippen molar-refractivity contribution in [1.29, 1.82) is 0 Å². The van der Waals surface area contributed by atoms with Crippen molar-refractivity contribution in [1.82, 2.24) is 19.8 Å². The quantitative estimate of drug-likeness (QED) is 0.667. The van der Waals surface area contributed by atoms with Gasteiger partial charge in [-0.15, -0.1) is 4.68 Å². The molecule has 0 atom stereocenters. The predicted molar refractivity (Wildman–Crippen MR) is 86.2 cm³/mol. The first-order valence-electron chi connectivity index (χ1n) is 6.83. The molecule has 0 aliphatic carbocycles. The highest BCUT2D eigenvalue weighted by Crippen LogP contribution is 2.18. The minimum Gasteiger partial charge on any atom is -0.292 e. The molecule has 0 saturated carbocycles. The molecule has 1 heterocycles. The SMILES string of the molecule is CN(C(=O)n1nnn(-c2ccccc2Cl)c1=O)c1ccccc1F. The number of anilines is 1. The molecule has 122 valence electrons. The van der Waals surface area contributed by atoms with Crippen LogP contribution >= 0.6 is 11.6 Å². The lowest BCUT2D eigenvalue weighted by Gasteiger charge is -2.16. The van der Waals surface area contributed by atoms with Crippen LogP contribution in [0.5, 0.6) is 0 Å². The van der Waals surface area contributed by atoms with Crippen LogP contribution in [0.25, 0.3) is 5.69 Å². The molecular formula is C15H11ClFN5O2. The molecular weight excluding hydrogens is 337 g/mol. The highest BCUT2D eigenvalue weighted by Gasteiger charge is 2.22. The van der Waals surface area contributed by atoms with E-state index < -0.39 is 17.5 Å². The van der Waals surface area contributed by atoms with Crippen molar-refractivity contribution < 1.29 is 9.18 Å². The summed E-state index contributed by atoms with van der Waals surface area (Å²) >= 11 is 6.02. The van der Waals surface area contributed by atoms with Gasteiger partial charge in [-0.05, 0) is 34.7 Å². The van der Waals surface area contributed by atoms with Crippen LogP contribution in [0.3, 0.4) is 0 Å². The fourth-order valence-corrected chi connectivity index (χ4v) is 2.33. The monoisotopic (exact) mass is 347 g/mol. The molecule has 7 nitrogen and oxygen atoms in total. The van der Waals surface area contributed by atoms with Gasteiger partial charge in [0.2, 0.25) is 0 Å². The van der Waals surface area contributed by atoms with Gasteiger partial charge in [0.25, 0.3) is 0 Å². The van der Waals surface area contributed by atoms with Gasteiger partial charge < -0.3 is 0 Å². The van der Waals surface area contributed by atoms with Gasteiger partial charge in [0.15, 0.2) is 0 Å². The lowest BCUT2D eigenvalue weighted by Crippen LogP contribution is -2.39. The first kappa shape index (κ1) is 15.9. The second kappa shape index (κ2) is 6.25. The number of rotatable bonds is 2. The van der Waals surface area contributed by atoms with E-state index in [0.717, 1.165) is 9.58 Å². The van der Waals surface area contributed by atoms with Crippen LogP contribution < -0.4 is 10.6 Å². The van der Waals surface area contributed by atoms with Crippen molar-refractivity contribution >= 4 is 23.3 Å². The molecule has 1 aromatic heterocycles. The molecule has 0 saturated heterocycles. The highest BCUT2D eigenvalue weighted by atomic mass is 35.5. The van der Waals surface area contributed by atoms with Crippen molar-refractivity contribution in [2.24, 2.45) is 0 Å².